The second-order valence-corrected chi connectivity index (χ2v) is 4.64. The molecule has 1 aromatic heterocycles. The second-order valence-electron chi connectivity index (χ2n) is 3.80. The van der Waals surface area contributed by atoms with Crippen molar-refractivity contribution >= 4 is 40.1 Å². The molecular formula is C13H11Cl2NO2. The minimum Gasteiger partial charge on any atom is -0.462 e. The van der Waals surface area contributed by atoms with Gasteiger partial charge in [0.2, 0.25) is 0 Å². The van der Waals surface area contributed by atoms with E-state index in [0.29, 0.717) is 38.8 Å². The first-order valence-corrected chi connectivity index (χ1v) is 6.22. The van der Waals surface area contributed by atoms with E-state index in [4.69, 9.17) is 27.9 Å². The number of carbonyl (C=O) groups is 1. The number of nitrogens with zero attached hydrogens (tertiary/aromatic N) is 1. The van der Waals surface area contributed by atoms with Crippen molar-refractivity contribution in [1.82, 2.24) is 4.98 Å². The molecule has 1 aromatic carbocycles. The number of carbonyl (C=O) groups excluding carboxylic acids is 1. The molecule has 0 unspecified atom stereocenters. The topological polar surface area (TPSA) is 39.2 Å². The van der Waals surface area contributed by atoms with Crippen molar-refractivity contribution < 1.29 is 9.53 Å². The molecule has 0 atom stereocenters. The van der Waals surface area contributed by atoms with Crippen LogP contribution < -0.4 is 0 Å². The van der Waals surface area contributed by atoms with Crippen molar-refractivity contribution in [1.29, 1.82) is 0 Å². The molecule has 0 radical (unpaired) electrons. The summed E-state index contributed by atoms with van der Waals surface area (Å²) in [7, 11) is 0. The largest absolute Gasteiger partial charge is 0.462 e. The average Bonchev–Trinajstić information content (AvgIpc) is 2.27. The van der Waals surface area contributed by atoms with Gasteiger partial charge in [0.1, 0.15) is 0 Å². The Labute approximate surface area is 115 Å². The molecule has 0 fully saturated rings. The standard InChI is InChI=1S/C13H11Cl2NO2/c1-3-18-13(17)9-6-10-11(15)4-8(14)5-12(10)16-7(9)2/h4-6H,3H2,1-2H3. The molecule has 1 heterocycles. The van der Waals surface area contributed by atoms with E-state index >= 15 is 0 Å². The molecule has 2 rings (SSSR count). The van der Waals surface area contributed by atoms with Gasteiger partial charge >= 0.3 is 5.97 Å². The van der Waals surface area contributed by atoms with Gasteiger partial charge in [0.25, 0.3) is 0 Å². The molecular weight excluding hydrogens is 273 g/mol. The highest BCUT2D eigenvalue weighted by atomic mass is 35.5. The van der Waals surface area contributed by atoms with E-state index in [1.807, 2.05) is 0 Å². The van der Waals surface area contributed by atoms with Gasteiger partial charge in [-0.05, 0) is 32.0 Å². The van der Waals surface area contributed by atoms with E-state index in [1.54, 1.807) is 32.0 Å². The Morgan fingerprint density at radius 3 is 2.72 bits per heavy atom. The van der Waals surface area contributed by atoms with Gasteiger partial charge in [0.05, 0.1) is 28.4 Å². The lowest BCUT2D eigenvalue weighted by Crippen LogP contribution is -2.08. The molecule has 5 heteroatoms. The van der Waals surface area contributed by atoms with E-state index in [9.17, 15) is 4.79 Å². The van der Waals surface area contributed by atoms with Crippen LogP contribution in [0.15, 0.2) is 18.2 Å². The first-order chi connectivity index (χ1) is 8.52. The normalized spacial score (nSPS) is 10.7. The predicted molar refractivity (Wildman–Crippen MR) is 72.5 cm³/mol. The summed E-state index contributed by atoms with van der Waals surface area (Å²) in [6, 6.07) is 5.02. The highest BCUT2D eigenvalue weighted by molar-refractivity contribution is 6.38. The number of benzene rings is 1. The first-order valence-electron chi connectivity index (χ1n) is 5.46. The van der Waals surface area contributed by atoms with Crippen LogP contribution in [0.3, 0.4) is 0 Å². The lowest BCUT2D eigenvalue weighted by atomic mass is 10.1. The van der Waals surface area contributed by atoms with E-state index < -0.39 is 5.97 Å². The summed E-state index contributed by atoms with van der Waals surface area (Å²) in [6.45, 7) is 3.83. The fraction of sp³-hybridized carbons (Fsp3) is 0.231. The Morgan fingerprint density at radius 1 is 1.33 bits per heavy atom. The number of rotatable bonds is 2. The van der Waals surface area contributed by atoms with Gasteiger partial charge < -0.3 is 4.74 Å². The summed E-state index contributed by atoms with van der Waals surface area (Å²) >= 11 is 12.0. The summed E-state index contributed by atoms with van der Waals surface area (Å²) in [6.07, 6.45) is 0. The van der Waals surface area contributed by atoms with Crippen molar-refractivity contribution in [3.63, 3.8) is 0 Å². The Hall–Kier alpha value is -1.32. The summed E-state index contributed by atoms with van der Waals surface area (Å²) in [5.74, 6) is -0.393. The van der Waals surface area contributed by atoms with Gasteiger partial charge in [-0.15, -0.1) is 0 Å². The number of hydrogen-bond acceptors (Lipinski definition) is 3. The van der Waals surface area contributed by atoms with Crippen molar-refractivity contribution in [3.05, 3.63) is 39.5 Å². The Morgan fingerprint density at radius 2 is 2.06 bits per heavy atom. The van der Waals surface area contributed by atoms with Gasteiger partial charge in [-0.2, -0.15) is 0 Å². The molecule has 18 heavy (non-hydrogen) atoms. The van der Waals surface area contributed by atoms with Gasteiger partial charge in [-0.3, -0.25) is 4.98 Å². The summed E-state index contributed by atoms with van der Waals surface area (Å²) < 4.78 is 4.97. The van der Waals surface area contributed by atoms with Crippen LogP contribution in [0.25, 0.3) is 10.9 Å². The van der Waals surface area contributed by atoms with Gasteiger partial charge in [-0.25, -0.2) is 4.79 Å². The van der Waals surface area contributed by atoms with Crippen molar-refractivity contribution in [2.24, 2.45) is 0 Å². The molecule has 0 aliphatic carbocycles. The number of ether oxygens (including phenoxy) is 1. The Balaban J connectivity index is 2.64. The van der Waals surface area contributed by atoms with Gasteiger partial charge in [0, 0.05) is 10.4 Å². The number of halogens is 2. The van der Waals surface area contributed by atoms with Crippen LogP contribution in [0.1, 0.15) is 23.0 Å². The zero-order valence-electron chi connectivity index (χ0n) is 9.96. The minimum atomic E-state index is -0.393. The third-order valence-corrected chi connectivity index (χ3v) is 3.07. The van der Waals surface area contributed by atoms with Crippen LogP contribution in [0.5, 0.6) is 0 Å². The van der Waals surface area contributed by atoms with Crippen LogP contribution in [0.4, 0.5) is 0 Å². The summed E-state index contributed by atoms with van der Waals surface area (Å²) in [5.41, 5.74) is 1.69. The molecule has 94 valence electrons. The quantitative estimate of drug-likeness (QED) is 0.782. The maximum atomic E-state index is 11.8. The summed E-state index contributed by atoms with van der Waals surface area (Å²) in [5, 5.41) is 1.67. The Kier molecular flexibility index (Phi) is 3.73. The lowest BCUT2D eigenvalue weighted by molar-refractivity contribution is 0.0525. The zero-order chi connectivity index (χ0) is 13.3. The zero-order valence-corrected chi connectivity index (χ0v) is 11.5. The first kappa shape index (κ1) is 13.1. The number of aromatic nitrogens is 1. The molecule has 0 spiro atoms. The van der Waals surface area contributed by atoms with Crippen LogP contribution in [0.2, 0.25) is 10.0 Å². The lowest BCUT2D eigenvalue weighted by Gasteiger charge is -2.08. The molecule has 0 aliphatic rings. The highest BCUT2D eigenvalue weighted by Gasteiger charge is 2.14. The van der Waals surface area contributed by atoms with Gasteiger partial charge in [-0.1, -0.05) is 23.2 Å². The molecule has 2 aromatic rings. The number of pyridine rings is 1. The van der Waals surface area contributed by atoms with E-state index in [2.05, 4.69) is 4.98 Å². The van der Waals surface area contributed by atoms with Crippen LogP contribution in [-0.4, -0.2) is 17.6 Å². The number of aryl methyl sites for hydroxylation is 1. The van der Waals surface area contributed by atoms with E-state index in [1.165, 1.54) is 0 Å². The molecule has 0 saturated heterocycles. The van der Waals surface area contributed by atoms with E-state index in [-0.39, 0.29) is 0 Å². The molecule has 0 bridgehead atoms. The third kappa shape index (κ3) is 2.42. The second kappa shape index (κ2) is 5.12. The molecule has 3 nitrogen and oxygen atoms in total. The van der Waals surface area contributed by atoms with Crippen LogP contribution >= 0.6 is 23.2 Å². The fourth-order valence-electron chi connectivity index (χ4n) is 1.71. The van der Waals surface area contributed by atoms with Crippen molar-refractivity contribution in [3.8, 4) is 0 Å². The maximum absolute atomic E-state index is 11.8. The summed E-state index contributed by atoms with van der Waals surface area (Å²) in [4.78, 5) is 16.1. The van der Waals surface area contributed by atoms with Crippen molar-refractivity contribution in [2.75, 3.05) is 6.61 Å². The molecule has 0 amide bonds. The SMILES string of the molecule is CCOC(=O)c1cc2c(Cl)cc(Cl)cc2nc1C. The van der Waals surface area contributed by atoms with Crippen molar-refractivity contribution in [2.45, 2.75) is 13.8 Å². The number of fused-ring (bicyclic) bond motifs is 1. The number of esters is 1. The van der Waals surface area contributed by atoms with Crippen LogP contribution in [0, 0.1) is 6.92 Å². The minimum absolute atomic E-state index is 0.324. The maximum Gasteiger partial charge on any atom is 0.339 e. The fourth-order valence-corrected chi connectivity index (χ4v) is 2.25. The monoisotopic (exact) mass is 283 g/mol. The average molecular weight is 284 g/mol. The molecule has 0 saturated carbocycles. The molecule has 0 aliphatic heterocycles. The van der Waals surface area contributed by atoms with E-state index in [0.717, 1.165) is 0 Å². The predicted octanol–water partition coefficient (Wildman–Crippen LogP) is 4.03. The smallest absolute Gasteiger partial charge is 0.339 e. The number of hydrogen-bond donors (Lipinski definition) is 0. The van der Waals surface area contributed by atoms with Crippen LogP contribution in [-0.2, 0) is 4.74 Å². The Bertz CT molecular complexity index is 626. The highest BCUT2D eigenvalue weighted by Crippen LogP contribution is 2.28. The third-order valence-electron chi connectivity index (χ3n) is 2.53. The molecule has 0 N–H and O–H groups in total. The van der Waals surface area contributed by atoms with Gasteiger partial charge in [0.15, 0.2) is 0 Å².